The van der Waals surface area contributed by atoms with Crippen LogP contribution >= 0.6 is 23.1 Å². The number of benzene rings is 1. The molecular formula is C16H19N3OS2. The van der Waals surface area contributed by atoms with Crippen LogP contribution in [0.1, 0.15) is 33.6 Å². The summed E-state index contributed by atoms with van der Waals surface area (Å²) in [6, 6.07) is 8.28. The van der Waals surface area contributed by atoms with Gasteiger partial charge < -0.3 is 10.6 Å². The van der Waals surface area contributed by atoms with Crippen LogP contribution in [0.5, 0.6) is 0 Å². The molecule has 0 aliphatic carbocycles. The van der Waals surface area contributed by atoms with E-state index >= 15 is 0 Å². The van der Waals surface area contributed by atoms with Crippen molar-refractivity contribution in [3.63, 3.8) is 0 Å². The summed E-state index contributed by atoms with van der Waals surface area (Å²) in [4.78, 5) is 18.9. The van der Waals surface area contributed by atoms with Gasteiger partial charge >= 0.3 is 6.03 Å². The number of carbonyl (C=O) groups excluding carboxylic acids is 1. The summed E-state index contributed by atoms with van der Waals surface area (Å²) >= 11 is 3.49. The number of hydrogen-bond donors (Lipinski definition) is 2. The highest BCUT2D eigenvalue weighted by Gasteiger charge is 2.21. The zero-order valence-corrected chi connectivity index (χ0v) is 14.3. The summed E-state index contributed by atoms with van der Waals surface area (Å²) in [6.45, 7) is 4.50. The molecule has 0 unspecified atom stereocenters. The molecular weight excluding hydrogens is 314 g/mol. The molecule has 0 bridgehead atoms. The summed E-state index contributed by atoms with van der Waals surface area (Å²) in [5, 5.41) is 7.07. The van der Waals surface area contributed by atoms with E-state index in [-0.39, 0.29) is 12.1 Å². The van der Waals surface area contributed by atoms with E-state index < -0.39 is 0 Å². The van der Waals surface area contributed by atoms with Gasteiger partial charge in [-0.2, -0.15) is 0 Å². The van der Waals surface area contributed by atoms with Crippen molar-refractivity contribution in [2.45, 2.75) is 37.8 Å². The number of rotatable bonds is 3. The van der Waals surface area contributed by atoms with Crippen LogP contribution in [0.2, 0.25) is 0 Å². The number of carbonyl (C=O) groups is 1. The minimum Gasteiger partial charge on any atom is -0.333 e. The van der Waals surface area contributed by atoms with E-state index in [4.69, 9.17) is 0 Å². The van der Waals surface area contributed by atoms with Gasteiger partial charge in [0.25, 0.3) is 0 Å². The molecule has 2 amide bonds. The molecule has 0 saturated heterocycles. The van der Waals surface area contributed by atoms with Gasteiger partial charge in [0, 0.05) is 15.5 Å². The van der Waals surface area contributed by atoms with Gasteiger partial charge in [-0.3, -0.25) is 0 Å². The number of fused-ring (bicyclic) bond motifs is 1. The lowest BCUT2D eigenvalue weighted by molar-refractivity contribution is 0.236. The molecule has 22 heavy (non-hydrogen) atoms. The van der Waals surface area contributed by atoms with Crippen molar-refractivity contribution < 1.29 is 4.79 Å². The molecule has 1 aliphatic heterocycles. The Bertz CT molecular complexity index is 684. The molecule has 1 aromatic carbocycles. The van der Waals surface area contributed by atoms with Gasteiger partial charge in [0.05, 0.1) is 23.3 Å². The number of nitrogens with zero attached hydrogens (tertiary/aromatic N) is 1. The van der Waals surface area contributed by atoms with E-state index in [2.05, 4.69) is 27.8 Å². The average Bonchev–Trinajstić information content (AvgIpc) is 2.83. The lowest BCUT2D eigenvalue weighted by atomic mass is 10.0. The molecule has 116 valence electrons. The number of urea groups is 1. The molecule has 2 heterocycles. The molecule has 0 spiro atoms. The Kier molecular flexibility index (Phi) is 4.69. The van der Waals surface area contributed by atoms with Crippen molar-refractivity contribution in [3.8, 4) is 0 Å². The minimum absolute atomic E-state index is 0.0988. The number of thioether (sulfide) groups is 1. The van der Waals surface area contributed by atoms with Crippen LogP contribution in [-0.4, -0.2) is 16.8 Å². The van der Waals surface area contributed by atoms with E-state index in [1.54, 1.807) is 11.3 Å². The predicted octanol–water partition coefficient (Wildman–Crippen LogP) is 3.80. The summed E-state index contributed by atoms with van der Waals surface area (Å²) in [7, 11) is 0. The van der Waals surface area contributed by atoms with Crippen LogP contribution in [0, 0.1) is 13.8 Å². The van der Waals surface area contributed by atoms with Gasteiger partial charge in [0.15, 0.2) is 0 Å². The standard InChI is InChI=1S/C16H19N3OS2/c1-10-15(22-11(2)18-10)9-17-16(20)19-13-7-8-21-14-6-4-3-5-12(13)14/h3-6,13H,7-9H2,1-2H3,(H2,17,19,20)/t13-/m0/s1. The van der Waals surface area contributed by atoms with Gasteiger partial charge in [0.2, 0.25) is 0 Å². The summed E-state index contributed by atoms with van der Waals surface area (Å²) in [5.41, 5.74) is 2.22. The Morgan fingerprint density at radius 2 is 2.18 bits per heavy atom. The molecule has 0 radical (unpaired) electrons. The Balaban J connectivity index is 1.60. The largest absolute Gasteiger partial charge is 0.333 e. The van der Waals surface area contributed by atoms with E-state index in [9.17, 15) is 4.79 Å². The Morgan fingerprint density at radius 3 is 2.95 bits per heavy atom. The first-order valence-electron chi connectivity index (χ1n) is 7.32. The fraction of sp³-hybridized carbons (Fsp3) is 0.375. The highest BCUT2D eigenvalue weighted by molar-refractivity contribution is 7.99. The van der Waals surface area contributed by atoms with Gasteiger partial charge in [-0.05, 0) is 31.9 Å². The number of aromatic nitrogens is 1. The third-order valence-electron chi connectivity index (χ3n) is 3.67. The first-order valence-corrected chi connectivity index (χ1v) is 9.12. The van der Waals surface area contributed by atoms with Crippen molar-refractivity contribution >= 4 is 29.1 Å². The van der Waals surface area contributed by atoms with Crippen molar-refractivity contribution in [3.05, 3.63) is 45.4 Å². The van der Waals surface area contributed by atoms with Crippen molar-refractivity contribution in [1.82, 2.24) is 15.6 Å². The van der Waals surface area contributed by atoms with Crippen LogP contribution < -0.4 is 10.6 Å². The molecule has 1 atom stereocenters. The first-order chi connectivity index (χ1) is 10.6. The molecule has 0 saturated carbocycles. The van der Waals surface area contributed by atoms with Crippen LogP contribution in [0.3, 0.4) is 0 Å². The van der Waals surface area contributed by atoms with Gasteiger partial charge in [-0.1, -0.05) is 18.2 Å². The minimum atomic E-state index is -0.114. The summed E-state index contributed by atoms with van der Waals surface area (Å²) < 4.78 is 0. The quantitative estimate of drug-likeness (QED) is 0.898. The molecule has 2 aromatic rings. The second-order valence-electron chi connectivity index (χ2n) is 5.30. The lowest BCUT2D eigenvalue weighted by Gasteiger charge is -2.25. The molecule has 4 nitrogen and oxygen atoms in total. The second-order valence-corrected chi connectivity index (χ2v) is 7.72. The fourth-order valence-electron chi connectivity index (χ4n) is 2.60. The highest BCUT2D eigenvalue weighted by Crippen LogP contribution is 2.35. The second kappa shape index (κ2) is 6.71. The van der Waals surface area contributed by atoms with E-state index in [0.717, 1.165) is 27.8 Å². The summed E-state index contributed by atoms with van der Waals surface area (Å²) in [6.07, 6.45) is 0.966. The predicted molar refractivity (Wildman–Crippen MR) is 91.5 cm³/mol. The smallest absolute Gasteiger partial charge is 0.315 e. The average molecular weight is 333 g/mol. The molecule has 2 N–H and O–H groups in total. The normalized spacial score (nSPS) is 16.9. The van der Waals surface area contributed by atoms with Crippen molar-refractivity contribution in [2.24, 2.45) is 0 Å². The number of nitrogens with one attached hydrogen (secondary N) is 2. The molecule has 0 fully saturated rings. The van der Waals surface area contributed by atoms with Crippen LogP contribution in [0.15, 0.2) is 29.2 Å². The van der Waals surface area contributed by atoms with E-state index in [0.29, 0.717) is 6.54 Å². The van der Waals surface area contributed by atoms with Crippen LogP contribution in [0.25, 0.3) is 0 Å². The van der Waals surface area contributed by atoms with Crippen molar-refractivity contribution in [1.29, 1.82) is 0 Å². The first kappa shape index (κ1) is 15.4. The lowest BCUT2D eigenvalue weighted by Crippen LogP contribution is -2.38. The maximum atomic E-state index is 12.2. The topological polar surface area (TPSA) is 54.0 Å². The van der Waals surface area contributed by atoms with Crippen LogP contribution in [0.4, 0.5) is 4.79 Å². The SMILES string of the molecule is Cc1nc(C)c(CNC(=O)N[C@H]2CCSc3ccccc32)s1. The van der Waals surface area contributed by atoms with E-state index in [1.807, 2.05) is 37.7 Å². The van der Waals surface area contributed by atoms with Gasteiger partial charge in [0.1, 0.15) is 0 Å². The Labute approximate surface area is 138 Å². The van der Waals surface area contributed by atoms with Gasteiger partial charge in [-0.25, -0.2) is 9.78 Å². The third kappa shape index (κ3) is 3.44. The van der Waals surface area contributed by atoms with E-state index in [1.165, 1.54) is 10.5 Å². The molecule has 1 aliphatic rings. The van der Waals surface area contributed by atoms with Crippen LogP contribution in [-0.2, 0) is 6.54 Å². The third-order valence-corrected chi connectivity index (χ3v) is 5.87. The maximum absolute atomic E-state index is 12.2. The number of amides is 2. The van der Waals surface area contributed by atoms with Gasteiger partial charge in [-0.15, -0.1) is 23.1 Å². The number of hydrogen-bond acceptors (Lipinski definition) is 4. The Morgan fingerprint density at radius 1 is 1.36 bits per heavy atom. The summed E-state index contributed by atoms with van der Waals surface area (Å²) in [5.74, 6) is 1.04. The zero-order chi connectivity index (χ0) is 15.5. The molecule has 1 aromatic heterocycles. The Hall–Kier alpha value is -1.53. The molecule has 3 rings (SSSR count). The zero-order valence-electron chi connectivity index (χ0n) is 12.7. The number of thiazole rings is 1. The fourth-order valence-corrected chi connectivity index (χ4v) is 4.60. The maximum Gasteiger partial charge on any atom is 0.315 e. The highest BCUT2D eigenvalue weighted by atomic mass is 32.2. The number of aryl methyl sites for hydroxylation is 2. The monoisotopic (exact) mass is 333 g/mol. The van der Waals surface area contributed by atoms with Crippen molar-refractivity contribution in [2.75, 3.05) is 5.75 Å². The molecule has 6 heteroatoms.